The van der Waals surface area contributed by atoms with Crippen LogP contribution in [0.3, 0.4) is 0 Å². The van der Waals surface area contributed by atoms with Crippen LogP contribution in [0.15, 0.2) is 24.3 Å². The Labute approximate surface area is 88.5 Å². The Bertz CT molecular complexity index is 387. The lowest BCUT2D eigenvalue weighted by Gasteiger charge is -2.14. The zero-order valence-corrected chi connectivity index (χ0v) is 7.96. The van der Waals surface area contributed by atoms with Gasteiger partial charge in [-0.25, -0.2) is 4.39 Å². The molecule has 0 saturated heterocycles. The van der Waals surface area contributed by atoms with Crippen molar-refractivity contribution in [1.29, 1.82) is 0 Å². The lowest BCUT2D eigenvalue weighted by Crippen LogP contribution is -2.20. The number of rotatable bonds is 3. The first-order valence-corrected chi connectivity index (χ1v) is 4.34. The molecular weight excluding hydrogens is 228 g/mol. The number of carboxylic acid groups (broad SMARTS) is 1. The summed E-state index contributed by atoms with van der Waals surface area (Å²) in [5.41, 5.74) is -0.190. The molecular formula is C10H8F4O2. The van der Waals surface area contributed by atoms with Gasteiger partial charge >= 0.3 is 12.1 Å². The smallest absolute Gasteiger partial charge is 0.390 e. The Balaban J connectivity index is 2.99. The van der Waals surface area contributed by atoms with E-state index in [-0.39, 0.29) is 5.56 Å². The zero-order chi connectivity index (χ0) is 12.3. The number of carbonyl (C=O) groups is 1. The van der Waals surface area contributed by atoms with Gasteiger partial charge in [0, 0.05) is 0 Å². The Kier molecular flexibility index (Phi) is 3.51. The molecule has 0 spiro atoms. The monoisotopic (exact) mass is 236 g/mol. The minimum absolute atomic E-state index is 0.190. The summed E-state index contributed by atoms with van der Waals surface area (Å²) in [6, 6.07) is 4.17. The molecule has 0 aromatic heterocycles. The van der Waals surface area contributed by atoms with Gasteiger partial charge in [-0.15, -0.1) is 0 Å². The molecule has 0 radical (unpaired) electrons. The van der Waals surface area contributed by atoms with Crippen molar-refractivity contribution in [2.45, 2.75) is 18.5 Å². The molecule has 0 amide bonds. The maximum absolute atomic E-state index is 12.7. The van der Waals surface area contributed by atoms with Crippen molar-refractivity contribution in [1.82, 2.24) is 0 Å². The predicted molar refractivity (Wildman–Crippen MR) is 47.4 cm³/mol. The van der Waals surface area contributed by atoms with Crippen LogP contribution in [0.2, 0.25) is 0 Å². The summed E-state index contributed by atoms with van der Waals surface area (Å²) in [7, 11) is 0. The lowest BCUT2D eigenvalue weighted by atomic mass is 9.95. The van der Waals surface area contributed by atoms with Crippen molar-refractivity contribution < 1.29 is 27.5 Å². The minimum atomic E-state index is -4.60. The van der Waals surface area contributed by atoms with E-state index in [1.165, 1.54) is 6.07 Å². The highest BCUT2D eigenvalue weighted by Crippen LogP contribution is 2.31. The molecule has 1 aromatic rings. The Morgan fingerprint density at radius 2 is 2.00 bits per heavy atom. The van der Waals surface area contributed by atoms with Gasteiger partial charge < -0.3 is 5.11 Å². The average molecular weight is 236 g/mol. The van der Waals surface area contributed by atoms with Crippen molar-refractivity contribution >= 4 is 5.97 Å². The number of halogens is 4. The van der Waals surface area contributed by atoms with Crippen molar-refractivity contribution in [3.8, 4) is 0 Å². The summed E-state index contributed by atoms with van der Waals surface area (Å²) >= 11 is 0. The number of alkyl halides is 3. The van der Waals surface area contributed by atoms with Gasteiger partial charge in [0.25, 0.3) is 0 Å². The number of hydrogen-bond acceptors (Lipinski definition) is 1. The van der Waals surface area contributed by atoms with E-state index in [1.54, 1.807) is 0 Å². The average Bonchev–Trinajstić information content (AvgIpc) is 2.12. The Morgan fingerprint density at radius 3 is 2.44 bits per heavy atom. The summed E-state index contributed by atoms with van der Waals surface area (Å²) in [5, 5.41) is 8.66. The number of benzene rings is 1. The first-order valence-electron chi connectivity index (χ1n) is 4.34. The SMILES string of the molecule is O=C(O)[C@@H](CC(F)(F)F)c1cccc(F)c1. The van der Waals surface area contributed by atoms with Crippen molar-refractivity contribution in [2.75, 3.05) is 0 Å². The Morgan fingerprint density at radius 1 is 1.38 bits per heavy atom. The molecule has 0 unspecified atom stereocenters. The normalized spacial score (nSPS) is 13.5. The maximum atomic E-state index is 12.7. The van der Waals surface area contributed by atoms with Gasteiger partial charge in [0.1, 0.15) is 5.82 Å². The van der Waals surface area contributed by atoms with Gasteiger partial charge in [0.05, 0.1) is 12.3 Å². The summed E-state index contributed by atoms with van der Waals surface area (Å²) in [4.78, 5) is 10.7. The van der Waals surface area contributed by atoms with E-state index in [1.807, 2.05) is 0 Å². The lowest BCUT2D eigenvalue weighted by molar-refractivity contribution is -0.157. The molecule has 0 heterocycles. The van der Waals surface area contributed by atoms with Gasteiger partial charge in [0.2, 0.25) is 0 Å². The van der Waals surface area contributed by atoms with Gasteiger partial charge in [-0.3, -0.25) is 4.79 Å². The third kappa shape index (κ3) is 3.52. The second kappa shape index (κ2) is 4.51. The van der Waals surface area contributed by atoms with Crippen LogP contribution in [0.1, 0.15) is 17.9 Å². The van der Waals surface area contributed by atoms with Crippen LogP contribution in [-0.4, -0.2) is 17.3 Å². The highest BCUT2D eigenvalue weighted by Gasteiger charge is 2.36. The van der Waals surface area contributed by atoms with E-state index in [9.17, 15) is 22.4 Å². The molecule has 0 aliphatic heterocycles. The highest BCUT2D eigenvalue weighted by molar-refractivity contribution is 5.76. The molecule has 2 nitrogen and oxygen atoms in total. The topological polar surface area (TPSA) is 37.3 Å². The first kappa shape index (κ1) is 12.5. The van der Waals surface area contributed by atoms with E-state index < -0.39 is 30.3 Å². The minimum Gasteiger partial charge on any atom is -0.481 e. The van der Waals surface area contributed by atoms with Crippen LogP contribution < -0.4 is 0 Å². The van der Waals surface area contributed by atoms with Crippen molar-refractivity contribution in [3.63, 3.8) is 0 Å². The molecule has 16 heavy (non-hydrogen) atoms. The second-order valence-corrected chi connectivity index (χ2v) is 3.27. The van der Waals surface area contributed by atoms with Crippen molar-refractivity contribution in [3.05, 3.63) is 35.6 Å². The van der Waals surface area contributed by atoms with Crippen LogP contribution in [0, 0.1) is 5.82 Å². The molecule has 1 rings (SSSR count). The molecule has 1 aromatic carbocycles. The van der Waals surface area contributed by atoms with E-state index in [0.29, 0.717) is 0 Å². The Hall–Kier alpha value is -1.59. The number of carboxylic acids is 1. The molecule has 1 N–H and O–H groups in total. The first-order chi connectivity index (χ1) is 7.29. The standard InChI is InChI=1S/C10H8F4O2/c11-7-3-1-2-6(4-7)8(9(15)16)5-10(12,13)14/h1-4,8H,5H2,(H,15,16)/t8-/m0/s1. The fraction of sp³-hybridized carbons (Fsp3) is 0.300. The van der Waals surface area contributed by atoms with Gasteiger partial charge in [-0.05, 0) is 17.7 Å². The number of aliphatic carboxylic acids is 1. The fourth-order valence-electron chi connectivity index (χ4n) is 1.30. The molecule has 6 heteroatoms. The third-order valence-electron chi connectivity index (χ3n) is 1.98. The van der Waals surface area contributed by atoms with Gasteiger partial charge in [-0.2, -0.15) is 13.2 Å². The van der Waals surface area contributed by atoms with Crippen LogP contribution in [-0.2, 0) is 4.79 Å². The van der Waals surface area contributed by atoms with Crippen LogP contribution >= 0.6 is 0 Å². The number of hydrogen-bond donors (Lipinski definition) is 1. The highest BCUT2D eigenvalue weighted by atomic mass is 19.4. The van der Waals surface area contributed by atoms with Gasteiger partial charge in [0.15, 0.2) is 0 Å². The quantitative estimate of drug-likeness (QED) is 0.819. The molecule has 0 fully saturated rings. The molecule has 88 valence electrons. The van der Waals surface area contributed by atoms with Gasteiger partial charge in [-0.1, -0.05) is 12.1 Å². The van der Waals surface area contributed by atoms with E-state index >= 15 is 0 Å². The molecule has 1 atom stereocenters. The summed E-state index contributed by atoms with van der Waals surface area (Å²) in [5.74, 6) is -4.15. The largest absolute Gasteiger partial charge is 0.481 e. The third-order valence-corrected chi connectivity index (χ3v) is 1.98. The van der Waals surface area contributed by atoms with E-state index in [2.05, 4.69) is 0 Å². The second-order valence-electron chi connectivity index (χ2n) is 3.27. The molecule has 0 aliphatic rings. The summed E-state index contributed by atoms with van der Waals surface area (Å²) in [6.45, 7) is 0. The van der Waals surface area contributed by atoms with Crippen LogP contribution in [0.25, 0.3) is 0 Å². The maximum Gasteiger partial charge on any atom is 0.390 e. The van der Waals surface area contributed by atoms with E-state index in [0.717, 1.165) is 18.2 Å². The summed E-state index contributed by atoms with van der Waals surface area (Å²) in [6.07, 6.45) is -6.11. The molecule has 0 saturated carbocycles. The predicted octanol–water partition coefficient (Wildman–Crippen LogP) is 2.95. The van der Waals surface area contributed by atoms with Crippen molar-refractivity contribution in [2.24, 2.45) is 0 Å². The molecule has 0 aliphatic carbocycles. The van der Waals surface area contributed by atoms with Crippen LogP contribution in [0.4, 0.5) is 17.6 Å². The fourth-order valence-corrected chi connectivity index (χ4v) is 1.30. The zero-order valence-electron chi connectivity index (χ0n) is 7.96. The van der Waals surface area contributed by atoms with Crippen LogP contribution in [0.5, 0.6) is 0 Å². The van der Waals surface area contributed by atoms with E-state index in [4.69, 9.17) is 5.11 Å². The molecule has 0 bridgehead atoms. The summed E-state index contributed by atoms with van der Waals surface area (Å²) < 4.78 is 49.0.